The van der Waals surface area contributed by atoms with Gasteiger partial charge >= 0.3 is 0 Å². The van der Waals surface area contributed by atoms with Crippen LogP contribution in [0.4, 0.5) is 0 Å². The fourth-order valence-electron chi connectivity index (χ4n) is 2.63. The maximum Gasteiger partial charge on any atom is 0.293 e. The quantitative estimate of drug-likeness (QED) is 0.643. The number of rotatable bonds is 5. The average molecular weight is 418 g/mol. The van der Waals surface area contributed by atoms with E-state index in [0.29, 0.717) is 27.1 Å². The molecule has 0 saturated carbocycles. The van der Waals surface area contributed by atoms with E-state index in [-0.39, 0.29) is 29.6 Å². The summed E-state index contributed by atoms with van der Waals surface area (Å²) in [4.78, 5) is 31.0. The van der Waals surface area contributed by atoms with Crippen molar-refractivity contribution in [3.05, 3.63) is 75.3 Å². The number of nitrogens with zero attached hydrogens (tertiary/aromatic N) is 4. The van der Waals surface area contributed by atoms with Gasteiger partial charge in [0.2, 0.25) is 5.82 Å². The minimum Gasteiger partial charge on any atom is -0.342 e. The van der Waals surface area contributed by atoms with Crippen LogP contribution in [0.3, 0.4) is 0 Å². The van der Waals surface area contributed by atoms with E-state index in [4.69, 9.17) is 28.9 Å². The summed E-state index contributed by atoms with van der Waals surface area (Å²) >= 11 is 12.3. The first-order valence-electron chi connectivity index (χ1n) is 8.30. The zero-order valence-corrected chi connectivity index (χ0v) is 16.7. The number of benzene rings is 2. The van der Waals surface area contributed by atoms with E-state index >= 15 is 0 Å². The molecule has 0 bridgehead atoms. The minimum absolute atomic E-state index is 0.0171. The van der Waals surface area contributed by atoms with Gasteiger partial charge in [0.25, 0.3) is 5.91 Å². The maximum atomic E-state index is 13.2. The SMILES string of the molecule is CN(C)C(=O)c1nc(CN)n(-c2ccc(Cl)cc2C(=O)c2ccccc2Cl)n1. The van der Waals surface area contributed by atoms with Gasteiger partial charge in [0.15, 0.2) is 5.78 Å². The van der Waals surface area contributed by atoms with Crippen molar-refractivity contribution >= 4 is 34.9 Å². The Morgan fingerprint density at radius 3 is 2.46 bits per heavy atom. The first-order chi connectivity index (χ1) is 13.3. The van der Waals surface area contributed by atoms with Crippen molar-refractivity contribution in [1.82, 2.24) is 19.7 Å². The monoisotopic (exact) mass is 417 g/mol. The van der Waals surface area contributed by atoms with Gasteiger partial charge in [0.1, 0.15) is 5.82 Å². The van der Waals surface area contributed by atoms with E-state index in [1.807, 2.05) is 0 Å². The van der Waals surface area contributed by atoms with Crippen LogP contribution in [0.15, 0.2) is 42.5 Å². The first kappa shape index (κ1) is 20.0. The maximum absolute atomic E-state index is 13.2. The third-order valence-corrected chi connectivity index (χ3v) is 4.57. The van der Waals surface area contributed by atoms with Gasteiger partial charge in [0, 0.05) is 30.2 Å². The molecule has 3 rings (SSSR count). The van der Waals surface area contributed by atoms with E-state index in [9.17, 15) is 9.59 Å². The van der Waals surface area contributed by atoms with Crippen LogP contribution in [0, 0.1) is 0 Å². The summed E-state index contributed by atoms with van der Waals surface area (Å²) < 4.78 is 1.39. The van der Waals surface area contributed by atoms with Crippen LogP contribution >= 0.6 is 23.2 Å². The molecule has 2 aromatic carbocycles. The summed E-state index contributed by atoms with van der Waals surface area (Å²) in [5, 5.41) is 4.96. The van der Waals surface area contributed by atoms with Gasteiger partial charge in [0.05, 0.1) is 17.3 Å². The fraction of sp³-hybridized carbons (Fsp3) is 0.158. The molecule has 0 spiro atoms. The zero-order chi connectivity index (χ0) is 20.4. The predicted molar refractivity (Wildman–Crippen MR) is 107 cm³/mol. The number of halogens is 2. The van der Waals surface area contributed by atoms with E-state index in [0.717, 1.165) is 0 Å². The Morgan fingerprint density at radius 1 is 1.11 bits per heavy atom. The Kier molecular flexibility index (Phi) is 5.79. The molecule has 1 heterocycles. The van der Waals surface area contributed by atoms with Gasteiger partial charge in [-0.25, -0.2) is 9.67 Å². The number of aromatic nitrogens is 3. The van der Waals surface area contributed by atoms with Gasteiger partial charge in [-0.05, 0) is 30.3 Å². The van der Waals surface area contributed by atoms with Crippen LogP contribution in [0.25, 0.3) is 5.69 Å². The molecule has 1 amide bonds. The van der Waals surface area contributed by atoms with Gasteiger partial charge in [-0.1, -0.05) is 35.3 Å². The lowest BCUT2D eigenvalue weighted by molar-refractivity contribution is 0.0815. The molecule has 0 aliphatic heterocycles. The Bertz CT molecular complexity index is 1060. The molecule has 0 unspecified atom stereocenters. The van der Waals surface area contributed by atoms with Gasteiger partial charge in [-0.2, -0.15) is 0 Å². The third-order valence-electron chi connectivity index (χ3n) is 4.00. The second kappa shape index (κ2) is 8.10. The second-order valence-electron chi connectivity index (χ2n) is 6.14. The summed E-state index contributed by atoms with van der Waals surface area (Å²) in [6, 6.07) is 11.5. The lowest BCUT2D eigenvalue weighted by Crippen LogP contribution is -2.23. The van der Waals surface area contributed by atoms with Gasteiger partial charge in [-0.3, -0.25) is 9.59 Å². The fourth-order valence-corrected chi connectivity index (χ4v) is 3.02. The highest BCUT2D eigenvalue weighted by Gasteiger charge is 2.23. The Morgan fingerprint density at radius 2 is 1.82 bits per heavy atom. The molecular formula is C19H17Cl2N5O2. The van der Waals surface area contributed by atoms with Crippen LogP contribution in [0.5, 0.6) is 0 Å². The second-order valence-corrected chi connectivity index (χ2v) is 6.98. The highest BCUT2D eigenvalue weighted by molar-refractivity contribution is 6.35. The lowest BCUT2D eigenvalue weighted by Gasteiger charge is -2.12. The Balaban J connectivity index is 2.18. The highest BCUT2D eigenvalue weighted by atomic mass is 35.5. The summed E-state index contributed by atoms with van der Waals surface area (Å²) in [6.45, 7) is 0.0239. The molecule has 144 valence electrons. The van der Waals surface area contributed by atoms with Crippen LogP contribution < -0.4 is 5.73 Å². The van der Waals surface area contributed by atoms with Crippen molar-refractivity contribution < 1.29 is 9.59 Å². The Hall–Kier alpha value is -2.74. The largest absolute Gasteiger partial charge is 0.342 e. The van der Waals surface area contributed by atoms with Crippen molar-refractivity contribution in [2.24, 2.45) is 5.73 Å². The molecule has 0 aliphatic carbocycles. The molecule has 7 nitrogen and oxygen atoms in total. The summed E-state index contributed by atoms with van der Waals surface area (Å²) in [7, 11) is 3.19. The number of carbonyl (C=O) groups is 2. The van der Waals surface area contributed by atoms with Crippen LogP contribution in [0.2, 0.25) is 10.0 Å². The Labute approximate surface area is 171 Å². The summed E-state index contributed by atoms with van der Waals surface area (Å²) in [5.41, 5.74) is 6.78. The lowest BCUT2D eigenvalue weighted by atomic mass is 10.0. The molecule has 0 saturated heterocycles. The number of ketones is 1. The zero-order valence-electron chi connectivity index (χ0n) is 15.2. The summed E-state index contributed by atoms with van der Waals surface area (Å²) in [5.74, 6) is -0.388. The molecule has 1 aromatic heterocycles. The molecule has 0 radical (unpaired) electrons. The first-order valence-corrected chi connectivity index (χ1v) is 9.06. The van der Waals surface area contributed by atoms with Gasteiger partial charge in [-0.15, -0.1) is 5.10 Å². The van der Waals surface area contributed by atoms with E-state index in [1.54, 1.807) is 50.5 Å². The molecule has 2 N–H and O–H groups in total. The normalized spacial score (nSPS) is 10.8. The predicted octanol–water partition coefficient (Wildman–Crippen LogP) is 2.97. The van der Waals surface area contributed by atoms with Crippen LogP contribution in [0.1, 0.15) is 32.4 Å². The third kappa shape index (κ3) is 3.77. The molecule has 0 atom stereocenters. The number of carbonyl (C=O) groups excluding carboxylic acids is 2. The van der Waals surface area contributed by atoms with Crippen molar-refractivity contribution in [1.29, 1.82) is 0 Å². The standard InChI is InChI=1S/C19H17Cl2N5O2/c1-25(2)19(28)18-23-16(10-22)26(24-18)15-8-7-11(20)9-13(15)17(27)12-5-3-4-6-14(12)21/h3-9H,10,22H2,1-2H3. The highest BCUT2D eigenvalue weighted by Crippen LogP contribution is 2.26. The van der Waals surface area contributed by atoms with Crippen LogP contribution in [-0.2, 0) is 6.54 Å². The van der Waals surface area contributed by atoms with E-state index in [1.165, 1.54) is 15.6 Å². The van der Waals surface area contributed by atoms with Crippen molar-refractivity contribution in [2.75, 3.05) is 14.1 Å². The molecule has 3 aromatic rings. The topological polar surface area (TPSA) is 94.1 Å². The molecular weight excluding hydrogens is 401 g/mol. The molecule has 0 aliphatic rings. The minimum atomic E-state index is -0.374. The number of amides is 1. The van der Waals surface area contributed by atoms with Crippen molar-refractivity contribution in [3.8, 4) is 5.69 Å². The van der Waals surface area contributed by atoms with E-state index in [2.05, 4.69) is 10.1 Å². The number of hydrogen-bond acceptors (Lipinski definition) is 5. The average Bonchev–Trinajstić information content (AvgIpc) is 3.11. The van der Waals surface area contributed by atoms with Crippen LogP contribution in [-0.4, -0.2) is 45.5 Å². The van der Waals surface area contributed by atoms with E-state index < -0.39 is 0 Å². The van der Waals surface area contributed by atoms with Crippen molar-refractivity contribution in [3.63, 3.8) is 0 Å². The van der Waals surface area contributed by atoms with Gasteiger partial charge < -0.3 is 10.6 Å². The smallest absolute Gasteiger partial charge is 0.293 e. The number of nitrogens with two attached hydrogens (primary N) is 1. The molecule has 28 heavy (non-hydrogen) atoms. The molecule has 0 fully saturated rings. The number of hydrogen-bond donors (Lipinski definition) is 1. The summed E-state index contributed by atoms with van der Waals surface area (Å²) in [6.07, 6.45) is 0. The molecule has 9 heteroatoms. The van der Waals surface area contributed by atoms with Crippen molar-refractivity contribution in [2.45, 2.75) is 6.54 Å².